The first-order valence-corrected chi connectivity index (χ1v) is 8.21. The van der Waals surface area contributed by atoms with Crippen molar-refractivity contribution < 1.29 is 9.21 Å². The quantitative estimate of drug-likeness (QED) is 0.759. The summed E-state index contributed by atoms with van der Waals surface area (Å²) in [6, 6.07) is 13.1. The van der Waals surface area contributed by atoms with Crippen LogP contribution in [-0.2, 0) is 0 Å². The van der Waals surface area contributed by atoms with E-state index in [0.29, 0.717) is 11.6 Å². The van der Waals surface area contributed by atoms with E-state index in [-0.39, 0.29) is 17.9 Å². The average Bonchev–Trinajstić information content (AvgIpc) is 3.36. The Morgan fingerprint density at radius 3 is 2.84 bits per heavy atom. The van der Waals surface area contributed by atoms with Gasteiger partial charge in [-0.15, -0.1) is 0 Å². The molecular weight excluding hydrogens is 318 g/mol. The Morgan fingerprint density at radius 2 is 2.08 bits per heavy atom. The number of nitrogens with zero attached hydrogens (tertiary/aromatic N) is 3. The zero-order chi connectivity index (χ0) is 17.2. The molecule has 2 N–H and O–H groups in total. The highest BCUT2D eigenvalue weighted by atomic mass is 16.3. The van der Waals surface area contributed by atoms with Gasteiger partial charge in [-0.3, -0.25) is 9.89 Å². The second-order valence-corrected chi connectivity index (χ2v) is 6.30. The molecule has 1 saturated heterocycles. The lowest BCUT2D eigenvalue weighted by Crippen LogP contribution is -2.39. The van der Waals surface area contributed by atoms with Crippen molar-refractivity contribution in [1.29, 1.82) is 0 Å². The Labute approximate surface area is 145 Å². The van der Waals surface area contributed by atoms with Crippen LogP contribution in [0.4, 0.5) is 0 Å². The Balaban J connectivity index is 1.54. The van der Waals surface area contributed by atoms with Gasteiger partial charge in [0.25, 0.3) is 5.91 Å². The van der Waals surface area contributed by atoms with Crippen molar-refractivity contribution >= 4 is 5.91 Å². The average molecular weight is 337 g/mol. The maximum absolute atomic E-state index is 12.3. The van der Waals surface area contributed by atoms with Gasteiger partial charge in [-0.25, -0.2) is 4.98 Å². The summed E-state index contributed by atoms with van der Waals surface area (Å²) < 4.78 is 5.17. The minimum atomic E-state index is -0.210. The molecule has 3 heterocycles. The van der Waals surface area contributed by atoms with Crippen molar-refractivity contribution in [2.45, 2.75) is 12.0 Å². The van der Waals surface area contributed by atoms with Crippen LogP contribution >= 0.6 is 0 Å². The largest absolute Gasteiger partial charge is 0.459 e. The topological polar surface area (TPSA) is 87.1 Å². The summed E-state index contributed by atoms with van der Waals surface area (Å²) in [6.45, 7) is 1.55. The number of hydrogen-bond acceptors (Lipinski definition) is 5. The highest BCUT2D eigenvalue weighted by Crippen LogP contribution is 2.26. The fraction of sp³-hybridized carbons (Fsp3) is 0.278. The predicted octanol–water partition coefficient (Wildman–Crippen LogP) is 1.89. The Bertz CT molecular complexity index is 844. The first-order chi connectivity index (χ1) is 12.2. The number of likely N-dealkylation sites (N-methyl/N-ethyl adjacent to an activating group) is 1. The molecule has 7 nitrogen and oxygen atoms in total. The number of furan rings is 1. The molecule has 3 aromatic rings. The van der Waals surface area contributed by atoms with Gasteiger partial charge in [-0.2, -0.15) is 5.10 Å². The Hall–Kier alpha value is -2.93. The van der Waals surface area contributed by atoms with E-state index in [4.69, 9.17) is 4.42 Å². The number of aromatic nitrogens is 3. The number of rotatable bonds is 4. The van der Waals surface area contributed by atoms with Crippen molar-refractivity contribution in [2.24, 2.45) is 0 Å². The maximum Gasteiger partial charge on any atom is 0.287 e. The third kappa shape index (κ3) is 3.18. The van der Waals surface area contributed by atoms with Crippen molar-refractivity contribution in [3.63, 3.8) is 0 Å². The summed E-state index contributed by atoms with van der Waals surface area (Å²) >= 11 is 0. The number of amides is 1. The minimum absolute atomic E-state index is 0.0499. The molecule has 0 aliphatic carbocycles. The molecular formula is C18H19N5O2. The number of likely N-dealkylation sites (tertiary alicyclic amines) is 1. The third-order valence-corrected chi connectivity index (χ3v) is 4.45. The van der Waals surface area contributed by atoms with E-state index in [1.807, 2.05) is 37.4 Å². The zero-order valence-corrected chi connectivity index (χ0v) is 13.8. The number of carbonyl (C=O) groups is 1. The van der Waals surface area contributed by atoms with E-state index in [2.05, 4.69) is 25.4 Å². The van der Waals surface area contributed by atoms with Crippen molar-refractivity contribution in [3.05, 3.63) is 60.3 Å². The first-order valence-electron chi connectivity index (χ1n) is 8.21. The Morgan fingerprint density at radius 1 is 1.24 bits per heavy atom. The molecule has 0 bridgehead atoms. The molecule has 1 aliphatic rings. The highest BCUT2D eigenvalue weighted by molar-refractivity contribution is 5.91. The fourth-order valence-electron chi connectivity index (χ4n) is 3.23. The Kier molecular flexibility index (Phi) is 4.07. The predicted molar refractivity (Wildman–Crippen MR) is 92.0 cm³/mol. The van der Waals surface area contributed by atoms with Gasteiger partial charge in [0.05, 0.1) is 18.2 Å². The molecule has 0 saturated carbocycles. The normalized spacial score (nSPS) is 20.7. The van der Waals surface area contributed by atoms with Crippen LogP contribution in [-0.4, -0.2) is 52.2 Å². The van der Waals surface area contributed by atoms with Gasteiger partial charge in [-0.1, -0.05) is 30.3 Å². The number of H-pyrrole nitrogens is 1. The SMILES string of the molecule is CN1C[C@@H](NC(=O)c2ccco2)[C@H](c2nc(-c3ccccc3)n[nH]2)C1. The van der Waals surface area contributed by atoms with E-state index >= 15 is 0 Å². The first kappa shape index (κ1) is 15.6. The van der Waals surface area contributed by atoms with Crippen LogP contribution in [0.5, 0.6) is 0 Å². The number of nitrogens with one attached hydrogen (secondary N) is 2. The van der Waals surface area contributed by atoms with Crippen LogP contribution in [0.2, 0.25) is 0 Å². The van der Waals surface area contributed by atoms with E-state index in [0.717, 1.165) is 24.5 Å². The van der Waals surface area contributed by atoms with Crippen molar-refractivity contribution in [3.8, 4) is 11.4 Å². The van der Waals surface area contributed by atoms with Crippen molar-refractivity contribution in [2.75, 3.05) is 20.1 Å². The summed E-state index contributed by atoms with van der Waals surface area (Å²) in [5.41, 5.74) is 0.965. The second-order valence-electron chi connectivity index (χ2n) is 6.30. The number of aromatic amines is 1. The lowest BCUT2D eigenvalue weighted by atomic mass is 10.0. The van der Waals surface area contributed by atoms with Crippen LogP contribution in [0.25, 0.3) is 11.4 Å². The molecule has 1 aliphatic heterocycles. The van der Waals surface area contributed by atoms with Crippen LogP contribution in [0.1, 0.15) is 22.3 Å². The number of carbonyl (C=O) groups excluding carboxylic acids is 1. The molecule has 0 unspecified atom stereocenters. The summed E-state index contributed by atoms with van der Waals surface area (Å²) in [5, 5.41) is 10.4. The van der Waals surface area contributed by atoms with Gasteiger partial charge in [-0.05, 0) is 19.2 Å². The fourth-order valence-corrected chi connectivity index (χ4v) is 3.23. The molecule has 25 heavy (non-hydrogen) atoms. The van der Waals surface area contributed by atoms with E-state index in [1.54, 1.807) is 12.1 Å². The van der Waals surface area contributed by atoms with Gasteiger partial charge in [0, 0.05) is 18.7 Å². The standard InChI is InChI=1S/C18H19N5O2/c1-23-10-13(14(11-23)19-18(24)15-8-5-9-25-15)17-20-16(21-22-17)12-6-3-2-4-7-12/h2-9,13-14H,10-11H2,1H3,(H,19,24)(H,20,21,22)/t13-,14-/m1/s1. The molecule has 2 atom stereocenters. The second kappa shape index (κ2) is 6.52. The molecule has 0 spiro atoms. The van der Waals surface area contributed by atoms with Crippen molar-refractivity contribution in [1.82, 2.24) is 25.4 Å². The minimum Gasteiger partial charge on any atom is -0.459 e. The van der Waals surface area contributed by atoms with Gasteiger partial charge < -0.3 is 14.6 Å². The van der Waals surface area contributed by atoms with E-state index in [1.165, 1.54) is 6.26 Å². The number of benzene rings is 1. The maximum atomic E-state index is 12.3. The van der Waals surface area contributed by atoms with Gasteiger partial charge in [0.1, 0.15) is 5.82 Å². The van der Waals surface area contributed by atoms with E-state index in [9.17, 15) is 4.79 Å². The molecule has 7 heteroatoms. The molecule has 1 amide bonds. The van der Waals surface area contributed by atoms with Gasteiger partial charge in [0.15, 0.2) is 11.6 Å². The zero-order valence-electron chi connectivity index (χ0n) is 13.8. The van der Waals surface area contributed by atoms with Crippen LogP contribution in [0, 0.1) is 0 Å². The number of hydrogen-bond donors (Lipinski definition) is 2. The van der Waals surface area contributed by atoms with Crippen LogP contribution < -0.4 is 5.32 Å². The molecule has 128 valence electrons. The molecule has 0 radical (unpaired) electrons. The summed E-state index contributed by atoms with van der Waals surface area (Å²) in [6.07, 6.45) is 1.50. The summed E-state index contributed by atoms with van der Waals surface area (Å²) in [7, 11) is 2.03. The smallest absolute Gasteiger partial charge is 0.287 e. The highest BCUT2D eigenvalue weighted by Gasteiger charge is 2.36. The summed E-state index contributed by atoms with van der Waals surface area (Å²) in [4.78, 5) is 19.1. The molecule has 1 aromatic carbocycles. The van der Waals surface area contributed by atoms with Crippen LogP contribution in [0.15, 0.2) is 53.1 Å². The molecule has 2 aromatic heterocycles. The van der Waals surface area contributed by atoms with Gasteiger partial charge in [0.2, 0.25) is 0 Å². The lowest BCUT2D eigenvalue weighted by Gasteiger charge is -2.17. The molecule has 1 fully saturated rings. The van der Waals surface area contributed by atoms with Crippen LogP contribution in [0.3, 0.4) is 0 Å². The molecule has 4 rings (SSSR count). The van der Waals surface area contributed by atoms with E-state index < -0.39 is 0 Å². The van der Waals surface area contributed by atoms with Gasteiger partial charge >= 0.3 is 0 Å². The monoisotopic (exact) mass is 337 g/mol. The summed E-state index contributed by atoms with van der Waals surface area (Å²) in [5.74, 6) is 1.61. The lowest BCUT2D eigenvalue weighted by molar-refractivity contribution is 0.0907. The third-order valence-electron chi connectivity index (χ3n) is 4.45.